The molecule has 8 heteroatoms. The molecule has 1 N–H and O–H groups in total. The van der Waals surface area contributed by atoms with Crippen molar-refractivity contribution < 1.29 is 13.2 Å². The maximum absolute atomic E-state index is 12.5. The summed E-state index contributed by atoms with van der Waals surface area (Å²) in [5.74, 6) is -0.0359. The Morgan fingerprint density at radius 3 is 2.75 bits per heavy atom. The quantitative estimate of drug-likeness (QED) is 0.900. The van der Waals surface area contributed by atoms with Crippen molar-refractivity contribution in [3.63, 3.8) is 0 Å². The van der Waals surface area contributed by atoms with Crippen LogP contribution in [-0.4, -0.2) is 30.1 Å². The van der Waals surface area contributed by atoms with Gasteiger partial charge in [-0.25, -0.2) is 13.1 Å². The first-order valence-corrected chi connectivity index (χ1v) is 9.17. The third kappa shape index (κ3) is 2.94. The number of fused-ring (bicyclic) bond motifs is 1. The van der Waals surface area contributed by atoms with Gasteiger partial charge in [0, 0.05) is 31.9 Å². The average molecular weight is 348 g/mol. The minimum atomic E-state index is -3.62. The normalized spacial score (nSPS) is 17.1. The molecule has 1 aromatic carbocycles. The third-order valence-corrected chi connectivity index (χ3v) is 5.68. The average Bonchev–Trinajstić information content (AvgIpc) is 3.06. The monoisotopic (exact) mass is 348 g/mol. The maximum atomic E-state index is 12.5. The van der Waals surface area contributed by atoms with Crippen LogP contribution in [0.15, 0.2) is 35.4 Å². The van der Waals surface area contributed by atoms with Crippen molar-refractivity contribution in [2.24, 2.45) is 7.05 Å². The zero-order valence-corrected chi connectivity index (χ0v) is 14.7. The molecular weight excluding hydrogens is 328 g/mol. The van der Waals surface area contributed by atoms with Crippen molar-refractivity contribution in [1.29, 1.82) is 0 Å². The number of anilines is 1. The van der Waals surface area contributed by atoms with Gasteiger partial charge in [-0.1, -0.05) is 0 Å². The minimum Gasteiger partial charge on any atom is -0.309 e. The molecule has 0 fully saturated rings. The van der Waals surface area contributed by atoms with Crippen molar-refractivity contribution in [2.75, 3.05) is 4.90 Å². The SMILES string of the molecule is CC(=O)N1c2ccc(S(=O)(=O)NCc3ccnn3C)cc2C[C@H]1C. The zero-order valence-electron chi connectivity index (χ0n) is 13.9. The summed E-state index contributed by atoms with van der Waals surface area (Å²) in [7, 11) is -1.86. The molecule has 1 aliphatic rings. The predicted octanol–water partition coefficient (Wildman–Crippen LogP) is 1.20. The highest BCUT2D eigenvalue weighted by Crippen LogP contribution is 2.33. The van der Waals surface area contributed by atoms with E-state index in [4.69, 9.17) is 0 Å². The molecule has 0 saturated heterocycles. The molecule has 0 bridgehead atoms. The fraction of sp³-hybridized carbons (Fsp3) is 0.375. The number of amides is 1. The number of nitrogens with zero attached hydrogens (tertiary/aromatic N) is 3. The summed E-state index contributed by atoms with van der Waals surface area (Å²) in [6.07, 6.45) is 2.27. The van der Waals surface area contributed by atoms with E-state index in [1.807, 2.05) is 6.92 Å². The summed E-state index contributed by atoms with van der Waals surface area (Å²) < 4.78 is 29.2. The van der Waals surface area contributed by atoms with Crippen LogP contribution in [0, 0.1) is 0 Å². The number of sulfonamides is 1. The van der Waals surface area contributed by atoms with E-state index in [1.54, 1.807) is 47.1 Å². The second-order valence-corrected chi connectivity index (χ2v) is 7.77. The number of nitrogens with one attached hydrogen (secondary N) is 1. The molecule has 0 unspecified atom stereocenters. The van der Waals surface area contributed by atoms with Gasteiger partial charge in [0.2, 0.25) is 15.9 Å². The molecule has 128 valence electrons. The summed E-state index contributed by atoms with van der Waals surface area (Å²) in [6.45, 7) is 3.65. The first-order chi connectivity index (χ1) is 11.3. The van der Waals surface area contributed by atoms with Crippen LogP contribution in [0.1, 0.15) is 25.1 Å². The molecule has 1 amide bonds. The van der Waals surface area contributed by atoms with Gasteiger partial charge in [0.1, 0.15) is 0 Å². The number of rotatable bonds is 4. The van der Waals surface area contributed by atoms with E-state index in [2.05, 4.69) is 9.82 Å². The fourth-order valence-electron chi connectivity index (χ4n) is 3.08. The standard InChI is InChI=1S/C16H20N4O3S/c1-11-8-13-9-15(4-5-16(13)20(11)12(2)21)24(22,23)18-10-14-6-7-17-19(14)3/h4-7,9,11,18H,8,10H2,1-3H3/t11-/m1/s1. The fourth-order valence-corrected chi connectivity index (χ4v) is 4.13. The van der Waals surface area contributed by atoms with E-state index in [1.165, 1.54) is 6.92 Å². The molecule has 1 atom stereocenters. The Balaban J connectivity index is 1.84. The van der Waals surface area contributed by atoms with Crippen LogP contribution >= 0.6 is 0 Å². The first-order valence-electron chi connectivity index (χ1n) is 7.69. The van der Waals surface area contributed by atoms with Crippen LogP contribution in [0.25, 0.3) is 0 Å². The Hall–Kier alpha value is -2.19. The first kappa shape index (κ1) is 16.7. The number of carbonyl (C=O) groups is 1. The highest BCUT2D eigenvalue weighted by atomic mass is 32.2. The van der Waals surface area contributed by atoms with Gasteiger partial charge in [-0.3, -0.25) is 9.48 Å². The van der Waals surface area contributed by atoms with Gasteiger partial charge in [-0.15, -0.1) is 0 Å². The lowest BCUT2D eigenvalue weighted by atomic mass is 10.1. The van der Waals surface area contributed by atoms with Crippen LogP contribution < -0.4 is 9.62 Å². The van der Waals surface area contributed by atoms with Crippen molar-refractivity contribution in [3.8, 4) is 0 Å². The largest absolute Gasteiger partial charge is 0.309 e. The van der Waals surface area contributed by atoms with E-state index >= 15 is 0 Å². The lowest BCUT2D eigenvalue weighted by Crippen LogP contribution is -2.33. The van der Waals surface area contributed by atoms with E-state index in [0.29, 0.717) is 6.42 Å². The van der Waals surface area contributed by atoms with Crippen LogP contribution in [0.3, 0.4) is 0 Å². The third-order valence-electron chi connectivity index (χ3n) is 4.28. The Labute approximate surface area is 141 Å². The molecule has 0 radical (unpaired) electrons. The number of hydrogen-bond acceptors (Lipinski definition) is 4. The maximum Gasteiger partial charge on any atom is 0.240 e. The molecule has 0 saturated carbocycles. The van der Waals surface area contributed by atoms with Gasteiger partial charge >= 0.3 is 0 Å². The van der Waals surface area contributed by atoms with Gasteiger partial charge in [0.05, 0.1) is 17.1 Å². The Morgan fingerprint density at radius 2 is 2.12 bits per heavy atom. The van der Waals surface area contributed by atoms with E-state index in [-0.39, 0.29) is 23.4 Å². The summed E-state index contributed by atoms with van der Waals surface area (Å²) >= 11 is 0. The van der Waals surface area contributed by atoms with E-state index < -0.39 is 10.0 Å². The molecule has 0 aliphatic carbocycles. The smallest absolute Gasteiger partial charge is 0.240 e. The van der Waals surface area contributed by atoms with Crippen LogP contribution in [-0.2, 0) is 34.8 Å². The van der Waals surface area contributed by atoms with Crippen molar-refractivity contribution in [3.05, 3.63) is 41.7 Å². The summed E-state index contributed by atoms with van der Waals surface area (Å²) in [5, 5.41) is 4.01. The second-order valence-electron chi connectivity index (χ2n) is 6.00. The van der Waals surface area contributed by atoms with Crippen molar-refractivity contribution in [1.82, 2.24) is 14.5 Å². The Kier molecular flexibility index (Phi) is 4.18. The van der Waals surface area contributed by atoms with Gasteiger partial charge in [0.25, 0.3) is 0 Å². The predicted molar refractivity (Wildman–Crippen MR) is 90.0 cm³/mol. The molecule has 1 aromatic heterocycles. The van der Waals surface area contributed by atoms with Crippen molar-refractivity contribution in [2.45, 2.75) is 37.8 Å². The molecule has 1 aliphatic heterocycles. The highest BCUT2D eigenvalue weighted by molar-refractivity contribution is 7.89. The summed E-state index contributed by atoms with van der Waals surface area (Å²) in [4.78, 5) is 13.7. The molecule has 0 spiro atoms. The number of hydrogen-bond donors (Lipinski definition) is 1. The molecule has 2 heterocycles. The molecule has 24 heavy (non-hydrogen) atoms. The second kappa shape index (κ2) is 6.03. The number of aryl methyl sites for hydroxylation is 1. The van der Waals surface area contributed by atoms with Crippen molar-refractivity contribution >= 4 is 21.6 Å². The molecule has 3 rings (SSSR count). The highest BCUT2D eigenvalue weighted by Gasteiger charge is 2.30. The molecular formula is C16H20N4O3S. The minimum absolute atomic E-state index is 0.0359. The Morgan fingerprint density at radius 1 is 1.38 bits per heavy atom. The Bertz CT molecular complexity index is 888. The van der Waals surface area contributed by atoms with Crippen LogP contribution in [0.4, 0.5) is 5.69 Å². The van der Waals surface area contributed by atoms with E-state index in [0.717, 1.165) is 16.9 Å². The van der Waals surface area contributed by atoms with E-state index in [9.17, 15) is 13.2 Å². The van der Waals surface area contributed by atoms with Gasteiger partial charge in [-0.2, -0.15) is 5.10 Å². The van der Waals surface area contributed by atoms with Gasteiger partial charge in [-0.05, 0) is 43.2 Å². The number of benzene rings is 1. The molecule has 2 aromatic rings. The summed E-state index contributed by atoms with van der Waals surface area (Å²) in [5.41, 5.74) is 2.44. The summed E-state index contributed by atoms with van der Waals surface area (Å²) in [6, 6.07) is 6.70. The topological polar surface area (TPSA) is 84.3 Å². The zero-order chi connectivity index (χ0) is 17.5. The van der Waals surface area contributed by atoms with Gasteiger partial charge < -0.3 is 4.90 Å². The van der Waals surface area contributed by atoms with Gasteiger partial charge in [0.15, 0.2) is 0 Å². The number of carbonyl (C=O) groups excluding carboxylic acids is 1. The van der Waals surface area contributed by atoms with Crippen LogP contribution in [0.5, 0.6) is 0 Å². The lowest BCUT2D eigenvalue weighted by molar-refractivity contribution is -0.116. The number of aromatic nitrogens is 2. The molecule has 7 nitrogen and oxygen atoms in total. The van der Waals surface area contributed by atoms with Crippen LogP contribution in [0.2, 0.25) is 0 Å². The lowest BCUT2D eigenvalue weighted by Gasteiger charge is -2.20.